The Bertz CT molecular complexity index is 340. The molecule has 15 heavy (non-hydrogen) atoms. The average molecular weight is 203 g/mol. The first kappa shape index (κ1) is 10.1. The summed E-state index contributed by atoms with van der Waals surface area (Å²) >= 11 is 0. The van der Waals surface area contributed by atoms with Crippen LogP contribution in [0, 0.1) is 0 Å². The monoisotopic (exact) mass is 203 g/mol. The van der Waals surface area contributed by atoms with Crippen LogP contribution in [0.25, 0.3) is 0 Å². The molecule has 0 saturated carbocycles. The van der Waals surface area contributed by atoms with Crippen LogP contribution in [0.5, 0.6) is 0 Å². The summed E-state index contributed by atoms with van der Waals surface area (Å²) in [6.07, 6.45) is 5.33. The molecule has 0 bridgehead atoms. The van der Waals surface area contributed by atoms with Gasteiger partial charge in [-0.1, -0.05) is 6.92 Å². The molecule has 0 aromatic carbocycles. The van der Waals surface area contributed by atoms with Gasteiger partial charge >= 0.3 is 0 Å². The number of anilines is 1. The molecule has 2 rings (SSSR count). The van der Waals surface area contributed by atoms with Crippen molar-refractivity contribution >= 4 is 11.5 Å². The number of aliphatic imine (C=N–C) groups is 1. The number of rotatable bonds is 4. The van der Waals surface area contributed by atoms with E-state index in [1.807, 2.05) is 12.3 Å². The van der Waals surface area contributed by atoms with Gasteiger partial charge in [0.1, 0.15) is 5.82 Å². The molecule has 2 heterocycles. The first-order valence-electron chi connectivity index (χ1n) is 5.64. The second kappa shape index (κ2) is 4.91. The Morgan fingerprint density at radius 3 is 2.93 bits per heavy atom. The van der Waals surface area contributed by atoms with E-state index in [-0.39, 0.29) is 0 Å². The van der Waals surface area contributed by atoms with Gasteiger partial charge in [0.2, 0.25) is 0 Å². The standard InChI is InChI=1S/C12H17N3/c1-2-7-14-12-6-5-10(9-15-12)11-4-3-8-13-11/h5-6,9H,2-4,7-8H2,1H3,(H,14,15). The lowest BCUT2D eigenvalue weighted by Gasteiger charge is -2.04. The maximum Gasteiger partial charge on any atom is 0.125 e. The van der Waals surface area contributed by atoms with E-state index in [1.165, 1.54) is 17.7 Å². The van der Waals surface area contributed by atoms with Gasteiger partial charge in [0.25, 0.3) is 0 Å². The SMILES string of the molecule is CCCNc1ccc(C2=NCCC2)cn1. The molecule has 0 atom stereocenters. The molecule has 3 heteroatoms. The molecule has 1 aliphatic heterocycles. The highest BCUT2D eigenvalue weighted by Gasteiger charge is 2.08. The maximum atomic E-state index is 4.45. The second-order valence-electron chi connectivity index (χ2n) is 3.79. The Morgan fingerprint density at radius 2 is 2.33 bits per heavy atom. The van der Waals surface area contributed by atoms with Gasteiger partial charge in [0, 0.05) is 30.6 Å². The summed E-state index contributed by atoms with van der Waals surface area (Å²) in [6, 6.07) is 4.14. The molecule has 3 nitrogen and oxygen atoms in total. The van der Waals surface area contributed by atoms with Crippen molar-refractivity contribution in [1.29, 1.82) is 0 Å². The van der Waals surface area contributed by atoms with Crippen LogP contribution in [0.15, 0.2) is 23.3 Å². The van der Waals surface area contributed by atoms with E-state index in [1.54, 1.807) is 0 Å². The molecule has 0 aliphatic carbocycles. The van der Waals surface area contributed by atoms with Crippen LogP contribution < -0.4 is 5.32 Å². The molecular formula is C12H17N3. The van der Waals surface area contributed by atoms with Crippen molar-refractivity contribution in [3.05, 3.63) is 23.9 Å². The summed E-state index contributed by atoms with van der Waals surface area (Å²) in [5.74, 6) is 0.958. The lowest BCUT2D eigenvalue weighted by atomic mass is 10.1. The predicted octanol–water partition coefficient (Wildman–Crippen LogP) is 2.49. The minimum absolute atomic E-state index is 0.958. The molecule has 1 N–H and O–H groups in total. The fourth-order valence-corrected chi connectivity index (χ4v) is 1.70. The van der Waals surface area contributed by atoms with Gasteiger partial charge in [0.15, 0.2) is 0 Å². The Balaban J connectivity index is 2.03. The first-order valence-corrected chi connectivity index (χ1v) is 5.64. The van der Waals surface area contributed by atoms with Crippen LogP contribution in [-0.2, 0) is 0 Å². The van der Waals surface area contributed by atoms with Crippen LogP contribution in [0.1, 0.15) is 31.7 Å². The zero-order valence-electron chi connectivity index (χ0n) is 9.16. The maximum absolute atomic E-state index is 4.45. The molecule has 80 valence electrons. The van der Waals surface area contributed by atoms with Crippen molar-refractivity contribution in [1.82, 2.24) is 4.98 Å². The quantitative estimate of drug-likeness (QED) is 0.816. The topological polar surface area (TPSA) is 37.3 Å². The van der Waals surface area contributed by atoms with Gasteiger partial charge in [0.05, 0.1) is 0 Å². The third kappa shape index (κ3) is 2.55. The van der Waals surface area contributed by atoms with E-state index >= 15 is 0 Å². The van der Waals surface area contributed by atoms with Crippen LogP contribution in [-0.4, -0.2) is 23.8 Å². The van der Waals surface area contributed by atoms with E-state index in [9.17, 15) is 0 Å². The van der Waals surface area contributed by atoms with Crippen LogP contribution in [0.4, 0.5) is 5.82 Å². The van der Waals surface area contributed by atoms with E-state index in [0.717, 1.165) is 31.7 Å². The first-order chi connectivity index (χ1) is 7.40. The Morgan fingerprint density at radius 1 is 1.40 bits per heavy atom. The van der Waals surface area contributed by atoms with Crippen LogP contribution >= 0.6 is 0 Å². The van der Waals surface area contributed by atoms with Gasteiger partial charge in [-0.05, 0) is 31.4 Å². The molecular weight excluding hydrogens is 186 g/mol. The van der Waals surface area contributed by atoms with Crippen molar-refractivity contribution in [3.8, 4) is 0 Å². The summed E-state index contributed by atoms with van der Waals surface area (Å²) in [4.78, 5) is 8.82. The van der Waals surface area contributed by atoms with Crippen LogP contribution in [0.2, 0.25) is 0 Å². The summed E-state index contributed by atoms with van der Waals surface area (Å²) in [6.45, 7) is 4.10. The van der Waals surface area contributed by atoms with E-state index in [0.29, 0.717) is 0 Å². The van der Waals surface area contributed by atoms with Crippen molar-refractivity contribution in [2.45, 2.75) is 26.2 Å². The van der Waals surface area contributed by atoms with E-state index in [4.69, 9.17) is 0 Å². The Kier molecular flexibility index (Phi) is 3.33. The minimum atomic E-state index is 0.958. The average Bonchev–Trinajstić information content (AvgIpc) is 2.80. The Labute approximate surface area is 90.6 Å². The minimum Gasteiger partial charge on any atom is -0.370 e. The third-order valence-electron chi connectivity index (χ3n) is 2.53. The number of nitrogens with zero attached hydrogens (tertiary/aromatic N) is 2. The number of pyridine rings is 1. The number of nitrogens with one attached hydrogen (secondary N) is 1. The van der Waals surface area contributed by atoms with Crippen LogP contribution in [0.3, 0.4) is 0 Å². The molecule has 1 aromatic heterocycles. The highest BCUT2D eigenvalue weighted by atomic mass is 15.0. The molecule has 1 aliphatic rings. The second-order valence-corrected chi connectivity index (χ2v) is 3.79. The van der Waals surface area contributed by atoms with Crippen molar-refractivity contribution in [3.63, 3.8) is 0 Å². The van der Waals surface area contributed by atoms with Crippen molar-refractivity contribution < 1.29 is 0 Å². The lowest BCUT2D eigenvalue weighted by Crippen LogP contribution is -2.03. The highest BCUT2D eigenvalue weighted by molar-refractivity contribution is 6.01. The smallest absolute Gasteiger partial charge is 0.125 e. The summed E-state index contributed by atoms with van der Waals surface area (Å²) < 4.78 is 0. The zero-order chi connectivity index (χ0) is 10.5. The van der Waals surface area contributed by atoms with E-state index < -0.39 is 0 Å². The predicted molar refractivity (Wildman–Crippen MR) is 63.7 cm³/mol. The molecule has 0 unspecified atom stereocenters. The van der Waals surface area contributed by atoms with Gasteiger partial charge in [-0.2, -0.15) is 0 Å². The number of hydrogen-bond donors (Lipinski definition) is 1. The molecule has 0 radical (unpaired) electrons. The molecule has 0 saturated heterocycles. The number of aromatic nitrogens is 1. The summed E-state index contributed by atoms with van der Waals surface area (Å²) in [5.41, 5.74) is 2.39. The molecule has 0 spiro atoms. The largest absolute Gasteiger partial charge is 0.370 e. The molecule has 1 aromatic rings. The fourth-order valence-electron chi connectivity index (χ4n) is 1.70. The third-order valence-corrected chi connectivity index (χ3v) is 2.53. The van der Waals surface area contributed by atoms with Crippen molar-refractivity contribution in [2.75, 3.05) is 18.4 Å². The summed E-state index contributed by atoms with van der Waals surface area (Å²) in [5, 5.41) is 3.26. The Hall–Kier alpha value is -1.38. The summed E-state index contributed by atoms with van der Waals surface area (Å²) in [7, 11) is 0. The van der Waals surface area contributed by atoms with Gasteiger partial charge in [-0.3, -0.25) is 4.99 Å². The van der Waals surface area contributed by atoms with Crippen molar-refractivity contribution in [2.24, 2.45) is 4.99 Å². The van der Waals surface area contributed by atoms with Gasteiger partial charge in [-0.15, -0.1) is 0 Å². The van der Waals surface area contributed by atoms with Gasteiger partial charge in [-0.25, -0.2) is 4.98 Å². The molecule has 0 fully saturated rings. The normalized spacial score (nSPS) is 15.1. The number of hydrogen-bond acceptors (Lipinski definition) is 3. The molecule has 0 amide bonds. The van der Waals surface area contributed by atoms with Gasteiger partial charge < -0.3 is 5.32 Å². The fraction of sp³-hybridized carbons (Fsp3) is 0.500. The lowest BCUT2D eigenvalue weighted by molar-refractivity contribution is 0.951. The highest BCUT2D eigenvalue weighted by Crippen LogP contribution is 2.13. The van der Waals surface area contributed by atoms with E-state index in [2.05, 4.69) is 28.3 Å². The zero-order valence-corrected chi connectivity index (χ0v) is 9.16.